The van der Waals surface area contributed by atoms with Crippen LogP contribution in [0.2, 0.25) is 0 Å². The zero-order valence-corrected chi connectivity index (χ0v) is 26.2. The van der Waals surface area contributed by atoms with Gasteiger partial charge in [0.05, 0.1) is 36.0 Å². The van der Waals surface area contributed by atoms with Gasteiger partial charge < -0.3 is 29.5 Å². The lowest BCUT2D eigenvalue weighted by Gasteiger charge is -2.40. The summed E-state index contributed by atoms with van der Waals surface area (Å²) in [7, 11) is 1.47. The molecule has 43 heavy (non-hydrogen) atoms. The second-order valence-electron chi connectivity index (χ2n) is 12.6. The van der Waals surface area contributed by atoms with Crippen LogP contribution in [0.1, 0.15) is 64.8 Å². The average molecular weight is 595 g/mol. The molecular weight excluding hydrogens is 551 g/mol. The van der Waals surface area contributed by atoms with E-state index in [1.807, 2.05) is 39.8 Å². The molecule has 10 heteroatoms. The Hall–Kier alpha value is -3.92. The molecule has 232 valence electrons. The van der Waals surface area contributed by atoms with E-state index in [1.165, 1.54) is 25.3 Å². The SMILES string of the molecule is COc1cc(F)ccc1OCCNc1ccc(-c2cnc(C)c([C@H](OC(C)(C)C)C(=O)O)c2N2CCC(C)(C)CC2)nc1. The Balaban J connectivity index is 1.60. The number of nitrogens with one attached hydrogen (secondary N) is 1. The molecule has 3 aromatic rings. The van der Waals surface area contributed by atoms with Gasteiger partial charge in [0.1, 0.15) is 12.4 Å². The Bertz CT molecular complexity index is 1410. The number of hydrogen-bond acceptors (Lipinski definition) is 8. The first kappa shape index (κ1) is 32.0. The van der Waals surface area contributed by atoms with Crippen LogP contribution >= 0.6 is 0 Å². The van der Waals surface area contributed by atoms with Gasteiger partial charge in [-0.05, 0) is 70.2 Å². The number of rotatable bonds is 11. The number of aromatic nitrogens is 2. The van der Waals surface area contributed by atoms with Gasteiger partial charge >= 0.3 is 5.97 Å². The van der Waals surface area contributed by atoms with Gasteiger partial charge in [-0.1, -0.05) is 13.8 Å². The van der Waals surface area contributed by atoms with Crippen molar-refractivity contribution in [1.82, 2.24) is 9.97 Å². The number of nitrogens with zero attached hydrogens (tertiary/aromatic N) is 3. The van der Waals surface area contributed by atoms with Crippen molar-refractivity contribution in [2.75, 3.05) is 43.6 Å². The number of methoxy groups -OCH3 is 1. The number of carbonyl (C=O) groups is 1. The summed E-state index contributed by atoms with van der Waals surface area (Å²) < 4.78 is 30.5. The van der Waals surface area contributed by atoms with Gasteiger partial charge in [0, 0.05) is 48.7 Å². The molecule has 0 aliphatic carbocycles. The van der Waals surface area contributed by atoms with Crippen LogP contribution in [0, 0.1) is 18.2 Å². The van der Waals surface area contributed by atoms with Gasteiger partial charge in [0.15, 0.2) is 17.6 Å². The van der Waals surface area contributed by atoms with E-state index in [9.17, 15) is 14.3 Å². The number of carboxylic acid groups (broad SMARTS) is 1. The van der Waals surface area contributed by atoms with Gasteiger partial charge in [0.2, 0.25) is 0 Å². The molecule has 3 heterocycles. The summed E-state index contributed by atoms with van der Waals surface area (Å²) in [6.07, 6.45) is 4.29. The van der Waals surface area contributed by atoms with Gasteiger partial charge in [-0.3, -0.25) is 9.97 Å². The summed E-state index contributed by atoms with van der Waals surface area (Å²) >= 11 is 0. The molecule has 2 N–H and O–H groups in total. The largest absolute Gasteiger partial charge is 0.493 e. The zero-order chi connectivity index (χ0) is 31.4. The van der Waals surface area contributed by atoms with Crippen molar-refractivity contribution in [2.45, 2.75) is 66.1 Å². The lowest BCUT2D eigenvalue weighted by atomic mass is 9.82. The van der Waals surface area contributed by atoms with Crippen molar-refractivity contribution < 1.29 is 28.5 Å². The lowest BCUT2D eigenvalue weighted by molar-refractivity contribution is -0.160. The summed E-state index contributed by atoms with van der Waals surface area (Å²) in [6.45, 7) is 14.3. The number of pyridine rings is 2. The summed E-state index contributed by atoms with van der Waals surface area (Å²) in [4.78, 5) is 24.2. The maximum absolute atomic E-state index is 13.4. The first-order valence-corrected chi connectivity index (χ1v) is 14.6. The molecule has 1 aromatic carbocycles. The van der Waals surface area contributed by atoms with E-state index < -0.39 is 23.5 Å². The monoisotopic (exact) mass is 594 g/mol. The van der Waals surface area contributed by atoms with Crippen molar-refractivity contribution in [3.05, 3.63) is 59.8 Å². The molecule has 0 spiro atoms. The molecule has 1 aliphatic rings. The Labute approximate surface area is 253 Å². The number of benzene rings is 1. The number of carboxylic acids is 1. The summed E-state index contributed by atoms with van der Waals surface area (Å²) in [5, 5.41) is 13.6. The number of aryl methyl sites for hydroxylation is 1. The van der Waals surface area contributed by atoms with Gasteiger partial charge in [0.25, 0.3) is 0 Å². The summed E-state index contributed by atoms with van der Waals surface area (Å²) in [5.74, 6) is -0.644. The maximum atomic E-state index is 13.4. The summed E-state index contributed by atoms with van der Waals surface area (Å²) in [6, 6.07) is 7.97. The van der Waals surface area contributed by atoms with Gasteiger partial charge in [-0.25, -0.2) is 9.18 Å². The predicted molar refractivity (Wildman–Crippen MR) is 166 cm³/mol. The molecule has 1 fully saturated rings. The molecule has 9 nitrogen and oxygen atoms in total. The highest BCUT2D eigenvalue weighted by molar-refractivity contribution is 5.85. The van der Waals surface area contributed by atoms with Crippen molar-refractivity contribution >= 4 is 17.3 Å². The third-order valence-corrected chi connectivity index (χ3v) is 7.53. The van der Waals surface area contributed by atoms with Gasteiger partial charge in [-0.2, -0.15) is 0 Å². The Kier molecular flexibility index (Phi) is 9.79. The molecule has 0 saturated carbocycles. The van der Waals surface area contributed by atoms with Crippen LogP contribution in [0.25, 0.3) is 11.3 Å². The molecular formula is C33H43FN4O5. The van der Waals surface area contributed by atoms with Crippen LogP contribution in [0.15, 0.2) is 42.7 Å². The minimum Gasteiger partial charge on any atom is -0.493 e. The third kappa shape index (κ3) is 8.13. The second-order valence-corrected chi connectivity index (χ2v) is 12.6. The van der Waals surface area contributed by atoms with Crippen LogP contribution in [0.3, 0.4) is 0 Å². The van der Waals surface area contributed by atoms with E-state index in [1.54, 1.807) is 12.4 Å². The maximum Gasteiger partial charge on any atom is 0.337 e. The van der Waals surface area contributed by atoms with Crippen LogP contribution in [-0.4, -0.2) is 60.0 Å². The van der Waals surface area contributed by atoms with Crippen LogP contribution in [0.5, 0.6) is 11.5 Å². The molecule has 0 amide bonds. The fourth-order valence-electron chi connectivity index (χ4n) is 5.15. The highest BCUT2D eigenvalue weighted by Gasteiger charge is 2.36. The molecule has 0 bridgehead atoms. The van der Waals surface area contributed by atoms with E-state index in [4.69, 9.17) is 19.2 Å². The second kappa shape index (κ2) is 13.2. The van der Waals surface area contributed by atoms with Crippen molar-refractivity contribution in [3.63, 3.8) is 0 Å². The summed E-state index contributed by atoms with van der Waals surface area (Å²) in [5.41, 5.74) is 3.78. The van der Waals surface area contributed by atoms with E-state index >= 15 is 0 Å². The molecule has 0 unspecified atom stereocenters. The Morgan fingerprint density at radius 1 is 1.12 bits per heavy atom. The Morgan fingerprint density at radius 3 is 2.44 bits per heavy atom. The molecule has 1 atom stereocenters. The van der Waals surface area contributed by atoms with Crippen molar-refractivity contribution in [3.8, 4) is 22.8 Å². The number of halogens is 1. The van der Waals surface area contributed by atoms with Crippen molar-refractivity contribution in [1.29, 1.82) is 0 Å². The number of anilines is 2. The molecule has 1 saturated heterocycles. The molecule has 2 aromatic heterocycles. The highest BCUT2D eigenvalue weighted by atomic mass is 19.1. The topological polar surface area (TPSA) is 106 Å². The first-order valence-electron chi connectivity index (χ1n) is 14.6. The first-order chi connectivity index (χ1) is 20.3. The van der Waals surface area contributed by atoms with Crippen molar-refractivity contribution in [2.24, 2.45) is 5.41 Å². The standard InChI is InChI=1S/C33H43FN4O5/c1-21-28(30(31(39)40)43-32(2,3)4)29(38-15-12-33(5,6)13-16-38)24(20-36-21)25-10-9-23(19-37-25)35-14-17-42-26-11-8-22(34)18-27(26)41-7/h8-11,18-20,30,35H,12-17H2,1-7H3,(H,39,40)/t30-/m0/s1. The fourth-order valence-corrected chi connectivity index (χ4v) is 5.15. The number of ether oxygens (including phenoxy) is 3. The Morgan fingerprint density at radius 2 is 1.84 bits per heavy atom. The van der Waals surface area contributed by atoms with E-state index in [0.717, 1.165) is 42.9 Å². The normalized spacial score (nSPS) is 15.6. The number of hydrogen-bond donors (Lipinski definition) is 2. The smallest absolute Gasteiger partial charge is 0.337 e. The minimum absolute atomic E-state index is 0.212. The quantitative estimate of drug-likeness (QED) is 0.236. The van der Waals surface area contributed by atoms with E-state index in [2.05, 4.69) is 29.0 Å². The van der Waals surface area contributed by atoms with Gasteiger partial charge in [-0.15, -0.1) is 0 Å². The molecule has 4 rings (SSSR count). The number of aliphatic carboxylic acids is 1. The average Bonchev–Trinajstić information content (AvgIpc) is 2.94. The van der Waals surface area contributed by atoms with E-state index in [0.29, 0.717) is 41.6 Å². The third-order valence-electron chi connectivity index (χ3n) is 7.53. The van der Waals surface area contributed by atoms with Crippen LogP contribution in [-0.2, 0) is 9.53 Å². The zero-order valence-electron chi connectivity index (χ0n) is 26.2. The van der Waals surface area contributed by atoms with Crippen LogP contribution in [0.4, 0.5) is 15.8 Å². The fraction of sp³-hybridized carbons (Fsp3) is 0.485. The van der Waals surface area contributed by atoms with E-state index in [-0.39, 0.29) is 5.41 Å². The molecule has 0 radical (unpaired) electrons. The minimum atomic E-state index is -1.18. The molecule has 1 aliphatic heterocycles. The predicted octanol–water partition coefficient (Wildman–Crippen LogP) is 6.66. The number of piperidine rings is 1. The van der Waals surface area contributed by atoms with Crippen LogP contribution < -0.4 is 19.7 Å². The lowest BCUT2D eigenvalue weighted by Crippen LogP contribution is -2.39. The highest BCUT2D eigenvalue weighted by Crippen LogP contribution is 2.43.